The van der Waals surface area contributed by atoms with Gasteiger partial charge in [-0.15, -0.1) is 0 Å². The zero-order chi connectivity index (χ0) is 14.3. The number of amidine groups is 1. The van der Waals surface area contributed by atoms with Crippen molar-refractivity contribution < 1.29 is 10.0 Å². The normalized spacial score (nSPS) is 18.9. The van der Waals surface area contributed by atoms with E-state index >= 15 is 0 Å². The minimum Gasteiger partial charge on any atom is -0.409 e. The molecule has 110 valence electrons. The Balaban J connectivity index is 2.12. The largest absolute Gasteiger partial charge is 0.409 e. The van der Waals surface area contributed by atoms with E-state index in [0.717, 1.165) is 25.8 Å². The van der Waals surface area contributed by atoms with Crippen LogP contribution in [0, 0.1) is 5.41 Å². The Bertz CT molecular complexity index is 327. The molecule has 0 aromatic rings. The van der Waals surface area contributed by atoms with E-state index in [2.05, 4.69) is 15.8 Å². The van der Waals surface area contributed by atoms with Crippen molar-refractivity contribution in [2.45, 2.75) is 52.0 Å². The Labute approximate surface area is 114 Å². The quantitative estimate of drug-likeness (QED) is 0.164. The summed E-state index contributed by atoms with van der Waals surface area (Å²) in [6.45, 7) is 5.54. The summed E-state index contributed by atoms with van der Waals surface area (Å²) in [5.74, 6) is 0.372. The van der Waals surface area contributed by atoms with Gasteiger partial charge in [0.2, 0.25) is 5.91 Å². The molecule has 1 amide bonds. The summed E-state index contributed by atoms with van der Waals surface area (Å²) in [5.41, 5.74) is 5.67. The molecule has 0 spiro atoms. The van der Waals surface area contributed by atoms with E-state index in [-0.39, 0.29) is 23.2 Å². The van der Waals surface area contributed by atoms with Crippen molar-refractivity contribution in [1.29, 1.82) is 0 Å². The van der Waals surface area contributed by atoms with Crippen LogP contribution in [0.4, 0.5) is 0 Å². The van der Waals surface area contributed by atoms with E-state index < -0.39 is 0 Å². The lowest BCUT2D eigenvalue weighted by molar-refractivity contribution is -0.121. The van der Waals surface area contributed by atoms with Gasteiger partial charge in [0.05, 0.1) is 0 Å². The predicted octanol–water partition coefficient (Wildman–Crippen LogP) is 0.798. The molecular weight excluding hydrogens is 244 g/mol. The highest BCUT2D eigenvalue weighted by atomic mass is 16.4. The van der Waals surface area contributed by atoms with Gasteiger partial charge in [0.25, 0.3) is 0 Å². The van der Waals surface area contributed by atoms with Gasteiger partial charge in [0, 0.05) is 32.0 Å². The topological polar surface area (TPSA) is 99.7 Å². The van der Waals surface area contributed by atoms with Crippen LogP contribution in [-0.4, -0.2) is 36.1 Å². The van der Waals surface area contributed by atoms with Gasteiger partial charge in [-0.3, -0.25) is 4.79 Å². The van der Waals surface area contributed by atoms with Crippen LogP contribution >= 0.6 is 0 Å². The number of hydrogen-bond acceptors (Lipinski definition) is 4. The molecule has 0 bridgehead atoms. The number of nitrogens with zero attached hydrogens (tertiary/aromatic N) is 1. The number of oxime groups is 1. The maximum Gasteiger partial charge on any atom is 0.221 e. The summed E-state index contributed by atoms with van der Waals surface area (Å²) in [5, 5.41) is 17.8. The second-order valence-corrected chi connectivity index (χ2v) is 5.57. The maximum absolute atomic E-state index is 11.6. The lowest BCUT2D eigenvalue weighted by Gasteiger charge is -2.15. The Hall–Kier alpha value is -1.30. The van der Waals surface area contributed by atoms with Gasteiger partial charge in [-0.1, -0.05) is 12.1 Å². The smallest absolute Gasteiger partial charge is 0.221 e. The van der Waals surface area contributed by atoms with Crippen LogP contribution < -0.4 is 16.4 Å². The molecule has 1 atom stereocenters. The molecule has 5 N–H and O–H groups in total. The fraction of sp³-hybridized carbons (Fsp3) is 0.846. The van der Waals surface area contributed by atoms with Crippen molar-refractivity contribution in [3.05, 3.63) is 0 Å². The summed E-state index contributed by atoms with van der Waals surface area (Å²) in [7, 11) is 0. The molecule has 1 fully saturated rings. The molecule has 1 rings (SSSR count). The number of hydrogen-bond donors (Lipinski definition) is 4. The Morgan fingerprint density at radius 2 is 2.21 bits per heavy atom. The van der Waals surface area contributed by atoms with Crippen molar-refractivity contribution >= 4 is 11.7 Å². The third kappa shape index (κ3) is 5.92. The van der Waals surface area contributed by atoms with E-state index in [0.29, 0.717) is 19.4 Å². The van der Waals surface area contributed by atoms with Crippen LogP contribution in [0.1, 0.15) is 46.0 Å². The minimum absolute atomic E-state index is 0.0862. The molecule has 1 aliphatic rings. The molecule has 1 aliphatic carbocycles. The third-order valence-corrected chi connectivity index (χ3v) is 3.69. The zero-order valence-corrected chi connectivity index (χ0v) is 11.9. The second-order valence-electron chi connectivity index (χ2n) is 5.57. The number of carbonyl (C=O) groups is 1. The van der Waals surface area contributed by atoms with Crippen LogP contribution in [0.2, 0.25) is 0 Å². The van der Waals surface area contributed by atoms with E-state index in [1.807, 2.05) is 13.8 Å². The summed E-state index contributed by atoms with van der Waals surface area (Å²) < 4.78 is 0. The van der Waals surface area contributed by atoms with Crippen molar-refractivity contribution in [2.24, 2.45) is 16.3 Å². The van der Waals surface area contributed by atoms with Crippen LogP contribution in [0.15, 0.2) is 5.16 Å². The van der Waals surface area contributed by atoms with Gasteiger partial charge < -0.3 is 21.6 Å². The Morgan fingerprint density at radius 3 is 2.74 bits per heavy atom. The average Bonchev–Trinajstić information content (AvgIpc) is 3.14. The molecule has 0 aliphatic heterocycles. The lowest BCUT2D eigenvalue weighted by atomic mass is 10.0. The molecular formula is C13H26N4O2. The lowest BCUT2D eigenvalue weighted by Crippen LogP contribution is -2.35. The Kier molecular flexibility index (Phi) is 6.08. The van der Waals surface area contributed by atoms with E-state index in [1.54, 1.807) is 0 Å². The molecule has 0 saturated heterocycles. The second kappa shape index (κ2) is 7.33. The molecule has 6 heteroatoms. The fourth-order valence-electron chi connectivity index (χ4n) is 2.02. The number of rotatable bonds is 9. The van der Waals surface area contributed by atoms with Crippen LogP contribution in [0.5, 0.6) is 0 Å². The average molecular weight is 270 g/mol. The highest BCUT2D eigenvalue weighted by Crippen LogP contribution is 2.48. The van der Waals surface area contributed by atoms with Gasteiger partial charge in [-0.25, -0.2) is 0 Å². The van der Waals surface area contributed by atoms with Crippen LogP contribution in [0.25, 0.3) is 0 Å². The third-order valence-electron chi connectivity index (χ3n) is 3.69. The molecule has 6 nitrogen and oxygen atoms in total. The first kappa shape index (κ1) is 15.8. The first-order chi connectivity index (χ1) is 9.01. The van der Waals surface area contributed by atoms with E-state index in [1.165, 1.54) is 0 Å². The summed E-state index contributed by atoms with van der Waals surface area (Å²) >= 11 is 0. The summed E-state index contributed by atoms with van der Waals surface area (Å²) in [6.07, 6.45) is 4.24. The molecule has 0 heterocycles. The highest BCUT2D eigenvalue weighted by molar-refractivity contribution is 5.80. The zero-order valence-electron chi connectivity index (χ0n) is 11.9. The van der Waals surface area contributed by atoms with Crippen molar-refractivity contribution in [2.75, 3.05) is 13.1 Å². The van der Waals surface area contributed by atoms with Crippen LogP contribution in [0.3, 0.4) is 0 Å². The van der Waals surface area contributed by atoms with Crippen LogP contribution in [-0.2, 0) is 4.79 Å². The monoisotopic (exact) mass is 270 g/mol. The molecule has 0 radical (unpaired) electrons. The Morgan fingerprint density at radius 1 is 1.53 bits per heavy atom. The van der Waals surface area contributed by atoms with Crippen molar-refractivity contribution in [1.82, 2.24) is 10.6 Å². The van der Waals surface area contributed by atoms with Crippen molar-refractivity contribution in [3.63, 3.8) is 0 Å². The first-order valence-electron chi connectivity index (χ1n) is 6.98. The van der Waals surface area contributed by atoms with Gasteiger partial charge in [-0.05, 0) is 31.6 Å². The number of carbonyl (C=O) groups excluding carboxylic acids is 1. The number of nitrogens with one attached hydrogen (secondary N) is 2. The van der Waals surface area contributed by atoms with Gasteiger partial charge in [0.15, 0.2) is 0 Å². The predicted molar refractivity (Wildman–Crippen MR) is 75.1 cm³/mol. The standard InChI is InChI=1S/C13H26N4O2/c1-3-10(2)16-12(18)4-7-15-9-13(5-6-13)8-11(14)17-19/h10,15,19H,3-9H2,1-2H3,(H2,14,17)(H,16,18). The molecule has 1 saturated carbocycles. The SMILES string of the molecule is CCC(C)NC(=O)CCNCC1(CC(N)=NO)CC1. The van der Waals surface area contributed by atoms with E-state index in [4.69, 9.17) is 10.9 Å². The van der Waals surface area contributed by atoms with Gasteiger partial charge in [-0.2, -0.15) is 0 Å². The molecule has 0 aromatic heterocycles. The first-order valence-corrected chi connectivity index (χ1v) is 6.98. The molecule has 19 heavy (non-hydrogen) atoms. The van der Waals surface area contributed by atoms with Gasteiger partial charge >= 0.3 is 0 Å². The fourth-order valence-corrected chi connectivity index (χ4v) is 2.02. The number of amides is 1. The minimum atomic E-state index is 0.0862. The molecule has 0 aromatic carbocycles. The van der Waals surface area contributed by atoms with Crippen molar-refractivity contribution in [3.8, 4) is 0 Å². The van der Waals surface area contributed by atoms with Gasteiger partial charge in [0.1, 0.15) is 5.84 Å². The highest BCUT2D eigenvalue weighted by Gasteiger charge is 2.42. The summed E-state index contributed by atoms with van der Waals surface area (Å²) in [4.78, 5) is 11.6. The number of nitrogens with two attached hydrogens (primary N) is 1. The maximum atomic E-state index is 11.6. The molecule has 1 unspecified atom stereocenters. The van der Waals surface area contributed by atoms with E-state index in [9.17, 15) is 4.79 Å². The summed E-state index contributed by atoms with van der Waals surface area (Å²) in [6, 6.07) is 0.239.